The van der Waals surface area contributed by atoms with Crippen molar-refractivity contribution in [2.24, 2.45) is 5.92 Å². The van der Waals surface area contributed by atoms with Crippen LogP contribution in [-0.2, 0) is 13.1 Å². The van der Waals surface area contributed by atoms with Gasteiger partial charge in [0.25, 0.3) is 0 Å². The van der Waals surface area contributed by atoms with E-state index in [1.807, 2.05) is 0 Å². The summed E-state index contributed by atoms with van der Waals surface area (Å²) in [5.74, 6) is 0.965. The first-order valence-corrected chi connectivity index (χ1v) is 8.37. The van der Waals surface area contributed by atoms with Crippen molar-refractivity contribution in [3.63, 3.8) is 0 Å². The van der Waals surface area contributed by atoms with Gasteiger partial charge in [0.2, 0.25) is 0 Å². The van der Waals surface area contributed by atoms with E-state index in [-0.39, 0.29) is 0 Å². The fraction of sp³-hybridized carbons (Fsp3) is 0.667. The second kappa shape index (κ2) is 6.73. The molecule has 1 aromatic carbocycles. The SMILES string of the molecule is CCN(Cc1ccccc1CNC1CC1)CC1CCC1. The molecule has 3 rings (SSSR count). The predicted molar refractivity (Wildman–Crippen MR) is 84.6 cm³/mol. The average Bonchev–Trinajstić information content (AvgIpc) is 3.24. The van der Waals surface area contributed by atoms with E-state index in [9.17, 15) is 0 Å². The molecule has 0 amide bonds. The maximum Gasteiger partial charge on any atom is 0.0236 e. The fourth-order valence-electron chi connectivity index (χ4n) is 3.01. The summed E-state index contributed by atoms with van der Waals surface area (Å²) >= 11 is 0. The van der Waals surface area contributed by atoms with Crippen molar-refractivity contribution in [1.29, 1.82) is 0 Å². The van der Waals surface area contributed by atoms with Gasteiger partial charge in [-0.25, -0.2) is 0 Å². The van der Waals surface area contributed by atoms with Crippen molar-refractivity contribution >= 4 is 0 Å². The van der Waals surface area contributed by atoms with E-state index >= 15 is 0 Å². The standard InChI is InChI=1S/C18H28N2/c1-2-20(13-15-6-5-7-15)14-17-9-4-3-8-16(17)12-19-18-10-11-18/h3-4,8-9,15,18-19H,2,5-7,10-14H2,1H3. The van der Waals surface area contributed by atoms with Crippen molar-refractivity contribution < 1.29 is 0 Å². The molecule has 2 aliphatic rings. The zero-order valence-electron chi connectivity index (χ0n) is 12.8. The lowest BCUT2D eigenvalue weighted by atomic mass is 9.85. The molecule has 110 valence electrons. The molecule has 1 N–H and O–H groups in total. The fourth-order valence-corrected chi connectivity index (χ4v) is 3.01. The molecule has 0 atom stereocenters. The molecule has 0 aliphatic heterocycles. The van der Waals surface area contributed by atoms with Gasteiger partial charge in [-0.2, -0.15) is 0 Å². The summed E-state index contributed by atoms with van der Waals surface area (Å²) in [6, 6.07) is 9.76. The Morgan fingerprint density at radius 1 is 1.10 bits per heavy atom. The minimum absolute atomic E-state index is 0.792. The van der Waals surface area contributed by atoms with Crippen molar-refractivity contribution in [3.8, 4) is 0 Å². The van der Waals surface area contributed by atoms with E-state index in [1.165, 1.54) is 56.3 Å². The molecule has 0 aromatic heterocycles. The van der Waals surface area contributed by atoms with Gasteiger partial charge in [0.15, 0.2) is 0 Å². The summed E-state index contributed by atoms with van der Waals surface area (Å²) in [5, 5.41) is 3.65. The summed E-state index contributed by atoms with van der Waals surface area (Å²) < 4.78 is 0. The Labute approximate surface area is 123 Å². The molecule has 2 nitrogen and oxygen atoms in total. The minimum Gasteiger partial charge on any atom is -0.310 e. The van der Waals surface area contributed by atoms with Gasteiger partial charge in [-0.3, -0.25) is 4.90 Å². The largest absolute Gasteiger partial charge is 0.310 e. The van der Waals surface area contributed by atoms with E-state index in [1.54, 1.807) is 0 Å². The summed E-state index contributed by atoms with van der Waals surface area (Å²) in [6.07, 6.45) is 7.07. The number of hydrogen-bond donors (Lipinski definition) is 1. The Morgan fingerprint density at radius 2 is 1.85 bits per heavy atom. The third-order valence-corrected chi connectivity index (χ3v) is 4.86. The zero-order valence-corrected chi connectivity index (χ0v) is 12.8. The summed E-state index contributed by atoms with van der Waals surface area (Å²) in [5.41, 5.74) is 3.01. The Kier molecular flexibility index (Phi) is 4.74. The van der Waals surface area contributed by atoms with Gasteiger partial charge in [-0.05, 0) is 49.3 Å². The third-order valence-electron chi connectivity index (χ3n) is 4.86. The van der Waals surface area contributed by atoms with E-state index < -0.39 is 0 Å². The summed E-state index contributed by atoms with van der Waals surface area (Å²) in [4.78, 5) is 2.62. The lowest BCUT2D eigenvalue weighted by Gasteiger charge is -2.32. The van der Waals surface area contributed by atoms with Crippen molar-refractivity contribution in [2.75, 3.05) is 13.1 Å². The topological polar surface area (TPSA) is 15.3 Å². The zero-order chi connectivity index (χ0) is 13.8. The molecule has 0 bridgehead atoms. The van der Waals surface area contributed by atoms with Crippen molar-refractivity contribution in [3.05, 3.63) is 35.4 Å². The lowest BCUT2D eigenvalue weighted by Crippen LogP contribution is -2.32. The van der Waals surface area contributed by atoms with Gasteiger partial charge in [0.1, 0.15) is 0 Å². The van der Waals surface area contributed by atoms with Crippen LogP contribution in [0.25, 0.3) is 0 Å². The Morgan fingerprint density at radius 3 is 2.45 bits per heavy atom. The van der Waals surface area contributed by atoms with Gasteiger partial charge in [-0.15, -0.1) is 0 Å². The van der Waals surface area contributed by atoms with Crippen LogP contribution in [0.2, 0.25) is 0 Å². The maximum atomic E-state index is 3.65. The molecular formula is C18H28N2. The average molecular weight is 272 g/mol. The van der Waals surface area contributed by atoms with Crippen LogP contribution in [0.5, 0.6) is 0 Å². The van der Waals surface area contributed by atoms with E-state index in [0.29, 0.717) is 0 Å². The molecule has 2 fully saturated rings. The Hall–Kier alpha value is -0.860. The first kappa shape index (κ1) is 14.1. The Bertz CT molecular complexity index is 421. The highest BCUT2D eigenvalue weighted by atomic mass is 15.1. The van der Waals surface area contributed by atoms with Crippen LogP contribution < -0.4 is 5.32 Å². The lowest BCUT2D eigenvalue weighted by molar-refractivity contribution is 0.178. The number of nitrogens with one attached hydrogen (secondary N) is 1. The van der Waals surface area contributed by atoms with Gasteiger partial charge >= 0.3 is 0 Å². The first-order valence-electron chi connectivity index (χ1n) is 8.37. The highest BCUT2D eigenvalue weighted by Crippen LogP contribution is 2.27. The number of benzene rings is 1. The van der Waals surface area contributed by atoms with Crippen LogP contribution in [0.15, 0.2) is 24.3 Å². The molecule has 1 aromatic rings. The molecule has 0 heterocycles. The highest BCUT2D eigenvalue weighted by Gasteiger charge is 2.22. The van der Waals surface area contributed by atoms with Crippen molar-refractivity contribution in [2.45, 2.75) is 58.2 Å². The molecular weight excluding hydrogens is 244 g/mol. The minimum atomic E-state index is 0.792. The van der Waals surface area contributed by atoms with Crippen molar-refractivity contribution in [1.82, 2.24) is 10.2 Å². The highest BCUT2D eigenvalue weighted by molar-refractivity contribution is 5.27. The second-order valence-electron chi connectivity index (χ2n) is 6.55. The van der Waals surface area contributed by atoms with Crippen LogP contribution in [0.4, 0.5) is 0 Å². The number of hydrogen-bond acceptors (Lipinski definition) is 2. The Balaban J connectivity index is 1.58. The van der Waals surface area contributed by atoms with Gasteiger partial charge in [0, 0.05) is 25.7 Å². The molecule has 0 saturated heterocycles. The molecule has 20 heavy (non-hydrogen) atoms. The van der Waals surface area contributed by atoms with Gasteiger partial charge in [-0.1, -0.05) is 37.6 Å². The van der Waals surface area contributed by atoms with E-state index in [4.69, 9.17) is 0 Å². The first-order chi connectivity index (χ1) is 9.85. The molecule has 2 aliphatic carbocycles. The maximum absolute atomic E-state index is 3.65. The molecule has 2 heteroatoms. The number of rotatable bonds is 8. The summed E-state index contributed by atoms with van der Waals surface area (Å²) in [7, 11) is 0. The van der Waals surface area contributed by atoms with Crippen LogP contribution in [0.1, 0.15) is 50.2 Å². The monoisotopic (exact) mass is 272 g/mol. The van der Waals surface area contributed by atoms with Gasteiger partial charge in [0.05, 0.1) is 0 Å². The summed E-state index contributed by atoms with van der Waals surface area (Å²) in [6.45, 7) is 6.92. The normalized spacial score (nSPS) is 19.3. The molecule has 0 unspecified atom stereocenters. The smallest absolute Gasteiger partial charge is 0.0236 e. The molecule has 0 radical (unpaired) electrons. The quantitative estimate of drug-likeness (QED) is 0.778. The van der Waals surface area contributed by atoms with Crippen LogP contribution in [0.3, 0.4) is 0 Å². The van der Waals surface area contributed by atoms with E-state index in [0.717, 1.165) is 25.0 Å². The van der Waals surface area contributed by atoms with Crippen LogP contribution in [-0.4, -0.2) is 24.0 Å². The van der Waals surface area contributed by atoms with Gasteiger partial charge < -0.3 is 5.32 Å². The molecule has 2 saturated carbocycles. The van der Waals surface area contributed by atoms with Crippen LogP contribution >= 0.6 is 0 Å². The van der Waals surface area contributed by atoms with E-state index in [2.05, 4.69) is 41.4 Å². The molecule has 0 spiro atoms. The number of nitrogens with zero attached hydrogens (tertiary/aromatic N) is 1. The predicted octanol–water partition coefficient (Wildman–Crippen LogP) is 3.56. The second-order valence-corrected chi connectivity index (χ2v) is 6.55. The van der Waals surface area contributed by atoms with Crippen LogP contribution in [0, 0.1) is 5.92 Å². The third kappa shape index (κ3) is 3.83.